The molecule has 4 rings (SSSR count). The number of halogens is 3. The predicted octanol–water partition coefficient (Wildman–Crippen LogP) is 4.09. The maximum Gasteiger partial charge on any atom is 0.433 e. The number of likely N-dealkylation sites (tertiary alicyclic amines) is 1. The average Bonchev–Trinajstić information content (AvgIpc) is 3.26. The van der Waals surface area contributed by atoms with Crippen LogP contribution in [0.3, 0.4) is 0 Å². The molecule has 0 N–H and O–H groups in total. The van der Waals surface area contributed by atoms with E-state index < -0.39 is 11.9 Å². The van der Waals surface area contributed by atoms with Crippen LogP contribution in [-0.2, 0) is 17.4 Å². The number of carbonyl (C=O) groups is 1. The third-order valence-corrected chi connectivity index (χ3v) is 6.29. The number of piperidine rings is 1. The molecule has 4 heterocycles. The van der Waals surface area contributed by atoms with Crippen LogP contribution in [0.5, 0.6) is 0 Å². The Hall–Kier alpha value is -2.48. The fraction of sp³-hybridized carbons (Fsp3) is 0.522. The van der Waals surface area contributed by atoms with Crippen molar-refractivity contribution < 1.29 is 18.0 Å². The molecule has 2 fully saturated rings. The number of hydrogen-bond acceptors (Lipinski definition) is 5. The second-order valence-electron chi connectivity index (χ2n) is 8.36. The van der Waals surface area contributed by atoms with Gasteiger partial charge in [0.2, 0.25) is 0 Å². The van der Waals surface area contributed by atoms with Crippen LogP contribution in [0.15, 0.2) is 36.5 Å². The van der Waals surface area contributed by atoms with Crippen LogP contribution in [0.2, 0.25) is 0 Å². The van der Waals surface area contributed by atoms with Crippen LogP contribution in [0.25, 0.3) is 0 Å². The van der Waals surface area contributed by atoms with Gasteiger partial charge in [0.05, 0.1) is 6.04 Å². The Bertz CT molecular complexity index is 904. The minimum atomic E-state index is -4.42. The fourth-order valence-electron chi connectivity index (χ4n) is 4.64. The average molecular weight is 432 g/mol. The third kappa shape index (κ3) is 5.06. The summed E-state index contributed by atoms with van der Waals surface area (Å²) >= 11 is 0. The van der Waals surface area contributed by atoms with Crippen molar-refractivity contribution in [1.82, 2.24) is 14.9 Å². The van der Waals surface area contributed by atoms with E-state index in [1.165, 1.54) is 6.07 Å². The number of hydrogen-bond donors (Lipinski definition) is 0. The van der Waals surface area contributed by atoms with Crippen molar-refractivity contribution in [3.05, 3.63) is 53.5 Å². The molecule has 2 atom stereocenters. The van der Waals surface area contributed by atoms with Crippen LogP contribution in [0.1, 0.15) is 48.6 Å². The summed E-state index contributed by atoms with van der Waals surface area (Å²) in [5.74, 6) is 0.895. The van der Waals surface area contributed by atoms with Gasteiger partial charge in [0, 0.05) is 37.4 Å². The van der Waals surface area contributed by atoms with Gasteiger partial charge < -0.3 is 14.6 Å². The lowest BCUT2D eigenvalue weighted by atomic mass is 10.0. The Balaban J connectivity index is 1.40. The smallest absolute Gasteiger partial charge is 0.347 e. The van der Waals surface area contributed by atoms with E-state index in [4.69, 9.17) is 0 Å². The minimum Gasteiger partial charge on any atom is -0.347 e. The van der Waals surface area contributed by atoms with Crippen molar-refractivity contribution in [1.29, 1.82) is 0 Å². The molecule has 0 amide bonds. The van der Waals surface area contributed by atoms with Gasteiger partial charge in [0.15, 0.2) is 0 Å². The topological polar surface area (TPSA) is 49.3 Å². The Morgan fingerprint density at radius 2 is 1.97 bits per heavy atom. The van der Waals surface area contributed by atoms with Crippen molar-refractivity contribution >= 4 is 12.1 Å². The van der Waals surface area contributed by atoms with Crippen LogP contribution >= 0.6 is 0 Å². The van der Waals surface area contributed by atoms with Crippen molar-refractivity contribution in [2.75, 3.05) is 31.1 Å². The molecule has 0 saturated carbocycles. The molecule has 0 aliphatic carbocycles. The number of nitrogens with zero attached hydrogens (tertiary/aromatic N) is 4. The molecule has 0 radical (unpaired) electrons. The predicted molar refractivity (Wildman–Crippen MR) is 112 cm³/mol. The largest absolute Gasteiger partial charge is 0.433 e. The van der Waals surface area contributed by atoms with E-state index in [2.05, 4.69) is 25.8 Å². The maximum atomic E-state index is 13.0. The Morgan fingerprint density at radius 1 is 1.10 bits per heavy atom. The first-order valence-electron chi connectivity index (χ1n) is 10.9. The van der Waals surface area contributed by atoms with E-state index in [1.807, 2.05) is 6.07 Å². The summed E-state index contributed by atoms with van der Waals surface area (Å²) in [6, 6.07) is 8.01. The normalized spacial score (nSPS) is 22.6. The number of rotatable bonds is 6. The van der Waals surface area contributed by atoms with E-state index in [0.29, 0.717) is 12.2 Å². The highest BCUT2D eigenvalue weighted by Gasteiger charge is 2.34. The number of carbonyl (C=O) groups excluding carboxylic acids is 1. The van der Waals surface area contributed by atoms with Gasteiger partial charge in [0.25, 0.3) is 0 Å². The molecule has 0 aromatic carbocycles. The first-order valence-corrected chi connectivity index (χ1v) is 10.9. The van der Waals surface area contributed by atoms with Crippen LogP contribution in [-0.4, -0.2) is 53.4 Å². The lowest BCUT2D eigenvalue weighted by molar-refractivity contribution is -0.141. The maximum absolute atomic E-state index is 13.0. The lowest BCUT2D eigenvalue weighted by Crippen LogP contribution is -2.41. The zero-order valence-electron chi connectivity index (χ0n) is 17.4. The summed E-state index contributed by atoms with van der Waals surface area (Å²) in [7, 11) is 0. The van der Waals surface area contributed by atoms with Crippen molar-refractivity contribution in [2.24, 2.45) is 0 Å². The number of aldehydes is 1. The van der Waals surface area contributed by atoms with E-state index in [-0.39, 0.29) is 12.0 Å². The molecule has 166 valence electrons. The van der Waals surface area contributed by atoms with Crippen LogP contribution in [0.4, 0.5) is 19.0 Å². The highest BCUT2D eigenvalue weighted by molar-refractivity contribution is 5.66. The molecule has 31 heavy (non-hydrogen) atoms. The number of alkyl halides is 3. The van der Waals surface area contributed by atoms with Crippen LogP contribution < -0.4 is 4.90 Å². The van der Waals surface area contributed by atoms with Gasteiger partial charge in [-0.3, -0.25) is 0 Å². The summed E-state index contributed by atoms with van der Waals surface area (Å²) < 4.78 is 38.9. The molecule has 0 spiro atoms. The monoisotopic (exact) mass is 432 g/mol. The molecule has 2 aliphatic heterocycles. The first-order chi connectivity index (χ1) is 15.0. The Kier molecular flexibility index (Phi) is 6.55. The molecular weight excluding hydrogens is 405 g/mol. The Morgan fingerprint density at radius 3 is 2.77 bits per heavy atom. The quantitative estimate of drug-likeness (QED) is 0.644. The van der Waals surface area contributed by atoms with Gasteiger partial charge in [-0.25, -0.2) is 9.97 Å². The van der Waals surface area contributed by atoms with Gasteiger partial charge in [-0.2, -0.15) is 13.2 Å². The van der Waals surface area contributed by atoms with Gasteiger partial charge in [-0.15, -0.1) is 0 Å². The van der Waals surface area contributed by atoms with E-state index >= 15 is 0 Å². The molecule has 2 aliphatic rings. The molecule has 5 nitrogen and oxygen atoms in total. The number of aromatic nitrogens is 2. The van der Waals surface area contributed by atoms with Crippen molar-refractivity contribution in [3.63, 3.8) is 0 Å². The highest BCUT2D eigenvalue weighted by Crippen LogP contribution is 2.32. The summed E-state index contributed by atoms with van der Waals surface area (Å²) in [6.45, 7) is 3.16. The zero-order valence-corrected chi connectivity index (χ0v) is 17.4. The summed E-state index contributed by atoms with van der Waals surface area (Å²) in [5, 5.41) is 0. The number of pyridine rings is 2. The molecule has 2 aromatic rings. The molecule has 8 heteroatoms. The van der Waals surface area contributed by atoms with E-state index in [9.17, 15) is 18.0 Å². The van der Waals surface area contributed by atoms with Gasteiger partial charge in [-0.05, 0) is 62.4 Å². The lowest BCUT2D eigenvalue weighted by Gasteiger charge is -2.34. The summed E-state index contributed by atoms with van der Waals surface area (Å²) in [6.07, 6.45) is 2.92. The van der Waals surface area contributed by atoms with Crippen molar-refractivity contribution in [3.8, 4) is 0 Å². The summed E-state index contributed by atoms with van der Waals surface area (Å²) in [4.78, 5) is 24.4. The Labute approximate surface area is 180 Å². The molecule has 2 unspecified atom stereocenters. The second-order valence-corrected chi connectivity index (χ2v) is 8.36. The molecule has 2 aromatic heterocycles. The van der Waals surface area contributed by atoms with Gasteiger partial charge in [-0.1, -0.05) is 12.1 Å². The van der Waals surface area contributed by atoms with Crippen molar-refractivity contribution in [2.45, 2.75) is 50.2 Å². The van der Waals surface area contributed by atoms with Crippen LogP contribution in [0, 0.1) is 0 Å². The fourth-order valence-corrected chi connectivity index (χ4v) is 4.64. The molecule has 0 bridgehead atoms. The molecular formula is C23H27F3N4O. The zero-order chi connectivity index (χ0) is 21.8. The minimum absolute atomic E-state index is 0.0113. The molecule has 2 saturated heterocycles. The number of anilines is 1. The van der Waals surface area contributed by atoms with E-state index in [0.717, 1.165) is 75.5 Å². The second kappa shape index (κ2) is 9.34. The summed E-state index contributed by atoms with van der Waals surface area (Å²) in [5.41, 5.74) is 0.799. The van der Waals surface area contributed by atoms with Gasteiger partial charge in [0.1, 0.15) is 17.8 Å². The van der Waals surface area contributed by atoms with E-state index in [1.54, 1.807) is 12.3 Å². The SMILES string of the molecule is O=CC1CCCCN1c1ncccc1CCN1CCC(c2cccc(C(F)(F)F)n2)C1. The standard InChI is InChI=1S/C23H27F3N4O/c24-23(25,26)21-8-3-7-20(28-21)18-10-14-29(15-18)13-9-17-5-4-11-27-22(17)30-12-2-1-6-19(30)16-31/h3-5,7-8,11,16,18-19H,1-2,6,9-10,12-15H2. The third-order valence-electron chi connectivity index (χ3n) is 6.29. The van der Waals surface area contributed by atoms with Gasteiger partial charge >= 0.3 is 6.18 Å². The first kappa shape index (κ1) is 21.7. The highest BCUT2D eigenvalue weighted by atomic mass is 19.4.